The Morgan fingerprint density at radius 3 is 2.64 bits per heavy atom. The predicted octanol–water partition coefficient (Wildman–Crippen LogP) is 5.92. The van der Waals surface area contributed by atoms with Crippen LogP contribution in [0.5, 0.6) is 11.5 Å². The quantitative estimate of drug-likeness (QED) is 0.462. The van der Waals surface area contributed by atoms with E-state index < -0.39 is 0 Å². The van der Waals surface area contributed by atoms with E-state index in [1.807, 2.05) is 44.2 Å². The van der Waals surface area contributed by atoms with E-state index in [2.05, 4.69) is 10.3 Å². The molecule has 1 aliphatic rings. The largest absolute Gasteiger partial charge is 0.493 e. The summed E-state index contributed by atoms with van der Waals surface area (Å²) in [6, 6.07) is 17.7. The molecule has 7 heteroatoms. The Morgan fingerprint density at radius 2 is 1.88 bits per heavy atom. The number of methoxy groups -OCH3 is 1. The van der Waals surface area contributed by atoms with Crippen LogP contribution in [0.15, 0.2) is 70.6 Å². The van der Waals surface area contributed by atoms with Gasteiger partial charge in [0.1, 0.15) is 12.4 Å². The third-order valence-electron chi connectivity index (χ3n) is 5.22. The van der Waals surface area contributed by atoms with Crippen LogP contribution in [-0.2, 0) is 11.4 Å². The van der Waals surface area contributed by atoms with Crippen molar-refractivity contribution in [3.8, 4) is 11.5 Å². The molecule has 1 heterocycles. The zero-order valence-electron chi connectivity index (χ0n) is 18.5. The highest BCUT2D eigenvalue weighted by Gasteiger charge is 2.25. The number of amides is 1. The maximum atomic E-state index is 14.0. The summed E-state index contributed by atoms with van der Waals surface area (Å²) in [6.45, 7) is 4.09. The van der Waals surface area contributed by atoms with E-state index in [0.717, 1.165) is 11.3 Å². The van der Waals surface area contributed by atoms with Gasteiger partial charge >= 0.3 is 0 Å². The van der Waals surface area contributed by atoms with Crippen molar-refractivity contribution < 1.29 is 18.7 Å². The molecule has 168 valence electrons. The third-order valence-corrected chi connectivity index (χ3v) is 6.13. The monoisotopic (exact) mass is 462 g/mol. The number of rotatable bonds is 6. The molecular formula is C26H23FN2O3S. The maximum Gasteiger partial charge on any atom is 0.264 e. The van der Waals surface area contributed by atoms with E-state index >= 15 is 0 Å². The molecule has 3 aromatic rings. The number of ether oxygens (including phenoxy) is 2. The summed E-state index contributed by atoms with van der Waals surface area (Å²) < 4.78 is 25.4. The zero-order chi connectivity index (χ0) is 23.4. The molecule has 1 aliphatic heterocycles. The van der Waals surface area contributed by atoms with Gasteiger partial charge in [0, 0.05) is 11.1 Å². The van der Waals surface area contributed by atoms with Gasteiger partial charge in [-0.05, 0) is 67.1 Å². The van der Waals surface area contributed by atoms with Crippen LogP contribution in [0.3, 0.4) is 0 Å². The molecule has 0 aliphatic carbocycles. The lowest BCUT2D eigenvalue weighted by atomic mass is 10.1. The van der Waals surface area contributed by atoms with Crippen molar-refractivity contribution in [3.63, 3.8) is 0 Å². The molecule has 1 amide bonds. The minimum Gasteiger partial charge on any atom is -0.493 e. The molecule has 1 saturated heterocycles. The normalized spacial score (nSPS) is 15.7. The lowest BCUT2D eigenvalue weighted by Crippen LogP contribution is -2.19. The summed E-state index contributed by atoms with van der Waals surface area (Å²) in [6.07, 6.45) is 1.72. The van der Waals surface area contributed by atoms with Gasteiger partial charge in [0.2, 0.25) is 0 Å². The van der Waals surface area contributed by atoms with Crippen LogP contribution in [0.1, 0.15) is 22.3 Å². The number of aliphatic imine (C=N–C) groups is 1. The molecule has 0 spiro atoms. The first-order valence-corrected chi connectivity index (χ1v) is 11.2. The molecule has 0 atom stereocenters. The zero-order valence-corrected chi connectivity index (χ0v) is 19.3. The van der Waals surface area contributed by atoms with Gasteiger partial charge in [-0.25, -0.2) is 9.38 Å². The van der Waals surface area contributed by atoms with Crippen molar-refractivity contribution in [3.05, 3.63) is 93.6 Å². The Kier molecular flexibility index (Phi) is 6.79. The van der Waals surface area contributed by atoms with Crippen molar-refractivity contribution >= 4 is 34.6 Å². The molecule has 0 saturated carbocycles. The number of benzene rings is 3. The molecule has 1 fully saturated rings. The molecule has 33 heavy (non-hydrogen) atoms. The Balaban J connectivity index is 1.60. The summed E-state index contributed by atoms with van der Waals surface area (Å²) in [5.74, 6) is 0.340. The number of carbonyl (C=O) groups is 1. The number of amidine groups is 1. The number of hydrogen-bond donors (Lipinski definition) is 1. The fourth-order valence-corrected chi connectivity index (χ4v) is 4.09. The number of aryl methyl sites for hydroxylation is 2. The molecule has 1 N–H and O–H groups in total. The summed E-state index contributed by atoms with van der Waals surface area (Å²) in [4.78, 5) is 17.6. The van der Waals surface area contributed by atoms with Gasteiger partial charge in [-0.1, -0.05) is 36.4 Å². The van der Waals surface area contributed by atoms with Crippen LogP contribution in [0.25, 0.3) is 6.08 Å². The minimum absolute atomic E-state index is 0.0298. The summed E-state index contributed by atoms with van der Waals surface area (Å²) in [5, 5.41) is 3.31. The van der Waals surface area contributed by atoms with Crippen LogP contribution in [-0.4, -0.2) is 18.2 Å². The molecule has 3 aromatic carbocycles. The van der Waals surface area contributed by atoms with Crippen LogP contribution in [0, 0.1) is 19.7 Å². The highest BCUT2D eigenvalue weighted by molar-refractivity contribution is 8.18. The average molecular weight is 463 g/mol. The highest BCUT2D eigenvalue weighted by atomic mass is 32.2. The van der Waals surface area contributed by atoms with Gasteiger partial charge < -0.3 is 14.8 Å². The van der Waals surface area contributed by atoms with Gasteiger partial charge in [0.05, 0.1) is 17.7 Å². The summed E-state index contributed by atoms with van der Waals surface area (Å²) in [7, 11) is 1.54. The molecule has 0 bridgehead atoms. The van der Waals surface area contributed by atoms with E-state index in [1.165, 1.54) is 30.5 Å². The fourth-order valence-electron chi connectivity index (χ4n) is 3.26. The van der Waals surface area contributed by atoms with Crippen molar-refractivity contribution in [2.75, 3.05) is 7.11 Å². The van der Waals surface area contributed by atoms with Gasteiger partial charge in [0.15, 0.2) is 16.7 Å². The summed E-state index contributed by atoms with van der Waals surface area (Å²) in [5.41, 5.74) is 4.17. The molecule has 0 aromatic heterocycles. The van der Waals surface area contributed by atoms with Gasteiger partial charge in [-0.2, -0.15) is 0 Å². The van der Waals surface area contributed by atoms with E-state index in [-0.39, 0.29) is 18.3 Å². The lowest BCUT2D eigenvalue weighted by molar-refractivity contribution is -0.115. The number of halogens is 1. The van der Waals surface area contributed by atoms with Gasteiger partial charge in [-0.15, -0.1) is 0 Å². The maximum absolute atomic E-state index is 14.0. The highest BCUT2D eigenvalue weighted by Crippen LogP contribution is 2.36. The predicted molar refractivity (Wildman–Crippen MR) is 130 cm³/mol. The first kappa shape index (κ1) is 22.6. The Hall–Kier alpha value is -3.58. The average Bonchev–Trinajstić information content (AvgIpc) is 3.14. The van der Waals surface area contributed by atoms with Crippen molar-refractivity contribution in [1.29, 1.82) is 0 Å². The first-order chi connectivity index (χ1) is 15.9. The van der Waals surface area contributed by atoms with Crippen LogP contribution >= 0.6 is 11.8 Å². The van der Waals surface area contributed by atoms with Crippen LogP contribution in [0.4, 0.5) is 10.1 Å². The Bertz CT molecular complexity index is 1270. The first-order valence-electron chi connectivity index (χ1n) is 10.3. The molecule has 0 radical (unpaired) electrons. The topological polar surface area (TPSA) is 59.9 Å². The smallest absolute Gasteiger partial charge is 0.264 e. The van der Waals surface area contributed by atoms with E-state index in [9.17, 15) is 9.18 Å². The van der Waals surface area contributed by atoms with Crippen molar-refractivity contribution in [2.45, 2.75) is 20.5 Å². The summed E-state index contributed by atoms with van der Waals surface area (Å²) >= 11 is 1.25. The number of nitrogens with zero attached hydrogens (tertiary/aromatic N) is 1. The molecular weight excluding hydrogens is 439 g/mol. The van der Waals surface area contributed by atoms with Gasteiger partial charge in [0.25, 0.3) is 5.91 Å². The number of thioether (sulfide) groups is 1. The molecule has 5 nitrogen and oxygen atoms in total. The number of hydrogen-bond acceptors (Lipinski definition) is 5. The number of nitrogens with one attached hydrogen (secondary N) is 1. The molecule has 0 unspecified atom stereocenters. The standard InChI is InChI=1S/C26H23FN2O3S/c1-16-11-12-20(13-17(16)2)28-26-29-25(30)23(33-26)14-18-8-6-10-22(31-3)24(18)32-15-19-7-4-5-9-21(19)27/h4-14H,15H2,1-3H3,(H,28,29,30). The third kappa shape index (κ3) is 5.26. The van der Waals surface area contributed by atoms with Crippen molar-refractivity contribution in [2.24, 2.45) is 4.99 Å². The number of para-hydroxylation sites is 1. The van der Waals surface area contributed by atoms with Gasteiger partial charge in [-0.3, -0.25) is 4.79 Å². The minimum atomic E-state index is -0.342. The van der Waals surface area contributed by atoms with E-state index in [0.29, 0.717) is 32.7 Å². The van der Waals surface area contributed by atoms with Crippen LogP contribution < -0.4 is 14.8 Å². The Labute approximate surface area is 196 Å². The van der Waals surface area contributed by atoms with Crippen LogP contribution in [0.2, 0.25) is 0 Å². The number of carbonyl (C=O) groups excluding carboxylic acids is 1. The second-order valence-corrected chi connectivity index (χ2v) is 8.54. The van der Waals surface area contributed by atoms with E-state index in [1.54, 1.807) is 30.3 Å². The second kappa shape index (κ2) is 9.92. The fraction of sp³-hybridized carbons (Fsp3) is 0.154. The SMILES string of the molecule is COc1cccc(C=C2SC(=Nc3ccc(C)c(C)c3)NC2=O)c1OCc1ccccc1F. The Morgan fingerprint density at radius 1 is 1.06 bits per heavy atom. The lowest BCUT2D eigenvalue weighted by Gasteiger charge is -2.14. The molecule has 4 rings (SSSR count). The van der Waals surface area contributed by atoms with Crippen molar-refractivity contribution in [1.82, 2.24) is 5.32 Å². The van der Waals surface area contributed by atoms with E-state index in [4.69, 9.17) is 9.47 Å². The second-order valence-electron chi connectivity index (χ2n) is 7.51.